The average Bonchev–Trinajstić information content (AvgIpc) is 3.01. The summed E-state index contributed by atoms with van der Waals surface area (Å²) in [6.07, 6.45) is 4.80. The lowest BCUT2D eigenvalue weighted by molar-refractivity contribution is -0.144. The molecule has 4 rings (SSSR count). The molecule has 0 radical (unpaired) electrons. The zero-order valence-corrected chi connectivity index (χ0v) is 18.6. The van der Waals surface area contributed by atoms with Gasteiger partial charge in [-0.1, -0.05) is 42.8 Å². The molecule has 1 aromatic heterocycles. The number of carboxylic acids is 2. The molecule has 6 nitrogen and oxygen atoms in total. The number of nitrogens with zero attached hydrogens (tertiary/aromatic N) is 2. The number of halogens is 1. The van der Waals surface area contributed by atoms with E-state index in [1.54, 1.807) is 10.8 Å². The van der Waals surface area contributed by atoms with Gasteiger partial charge in [0.2, 0.25) is 0 Å². The van der Waals surface area contributed by atoms with Crippen LogP contribution in [0.3, 0.4) is 0 Å². The van der Waals surface area contributed by atoms with E-state index >= 15 is 0 Å². The molecule has 1 saturated heterocycles. The minimum Gasteiger partial charge on any atom is -0.480 e. The van der Waals surface area contributed by atoms with E-state index in [1.807, 2.05) is 18.2 Å². The van der Waals surface area contributed by atoms with Crippen LogP contribution < -0.4 is 0 Å². The van der Waals surface area contributed by atoms with Crippen LogP contribution in [0.1, 0.15) is 51.6 Å². The first kappa shape index (κ1) is 20.4. The number of likely N-dealkylation sites (tertiary alicyclic amines) is 1. The molecule has 3 unspecified atom stereocenters. The van der Waals surface area contributed by atoms with Gasteiger partial charge < -0.3 is 14.8 Å². The van der Waals surface area contributed by atoms with Crippen molar-refractivity contribution in [2.45, 2.75) is 58.7 Å². The number of aliphatic carboxylic acids is 2. The van der Waals surface area contributed by atoms with Gasteiger partial charge >= 0.3 is 11.9 Å². The fourth-order valence-electron chi connectivity index (χ4n) is 6.05. The van der Waals surface area contributed by atoms with Crippen LogP contribution in [0, 0.1) is 10.8 Å². The molecule has 2 bridgehead atoms. The van der Waals surface area contributed by atoms with E-state index in [9.17, 15) is 19.8 Å². The summed E-state index contributed by atoms with van der Waals surface area (Å²) in [4.78, 5) is 26.0. The first-order valence-electron chi connectivity index (χ1n) is 9.97. The summed E-state index contributed by atoms with van der Waals surface area (Å²) in [6, 6.07) is 5.06. The molecule has 1 saturated carbocycles. The van der Waals surface area contributed by atoms with Gasteiger partial charge in [-0.2, -0.15) is 0 Å². The van der Waals surface area contributed by atoms with Crippen LogP contribution in [-0.2, 0) is 16.1 Å². The molecule has 1 aromatic carbocycles. The second-order valence-electron chi connectivity index (χ2n) is 9.89. The van der Waals surface area contributed by atoms with Gasteiger partial charge in [0.25, 0.3) is 0 Å². The molecule has 29 heavy (non-hydrogen) atoms. The number of aromatic nitrogens is 1. The van der Waals surface area contributed by atoms with E-state index in [0.29, 0.717) is 5.56 Å². The fourth-order valence-corrected chi connectivity index (χ4v) is 6.40. The molecule has 0 amide bonds. The van der Waals surface area contributed by atoms with E-state index in [2.05, 4.69) is 41.6 Å². The Morgan fingerprint density at radius 1 is 1.24 bits per heavy atom. The third-order valence-corrected chi connectivity index (χ3v) is 6.99. The molecular formula is C22H27BrN2O4. The quantitative estimate of drug-likeness (QED) is 0.682. The molecule has 2 aliphatic rings. The van der Waals surface area contributed by atoms with Crippen molar-refractivity contribution in [2.75, 3.05) is 6.54 Å². The summed E-state index contributed by atoms with van der Waals surface area (Å²) in [7, 11) is 0. The van der Waals surface area contributed by atoms with Gasteiger partial charge in [-0.05, 0) is 42.2 Å². The van der Waals surface area contributed by atoms with E-state index in [1.165, 1.54) is 0 Å². The maximum absolute atomic E-state index is 12.5. The van der Waals surface area contributed by atoms with Crippen LogP contribution >= 0.6 is 15.9 Å². The Hall–Kier alpha value is -1.86. The predicted molar refractivity (Wildman–Crippen MR) is 114 cm³/mol. The summed E-state index contributed by atoms with van der Waals surface area (Å²) in [6.45, 7) is 7.36. The zero-order valence-electron chi connectivity index (χ0n) is 17.0. The second-order valence-corrected chi connectivity index (χ2v) is 10.8. The van der Waals surface area contributed by atoms with Crippen molar-refractivity contribution in [3.8, 4) is 0 Å². The summed E-state index contributed by atoms with van der Waals surface area (Å²) >= 11 is 3.44. The SMILES string of the molecule is CC1(C)CC2CC(C)(CN2C(C(=O)O)c2cn(CC(=O)O)c3cc(Br)ccc23)C1. The smallest absolute Gasteiger partial charge is 0.325 e. The summed E-state index contributed by atoms with van der Waals surface area (Å²) in [5.74, 6) is -1.83. The van der Waals surface area contributed by atoms with Crippen molar-refractivity contribution >= 4 is 38.8 Å². The predicted octanol–water partition coefficient (Wildman–Crippen LogP) is 4.51. The van der Waals surface area contributed by atoms with Gasteiger partial charge in [0, 0.05) is 34.2 Å². The van der Waals surface area contributed by atoms with Crippen molar-refractivity contribution in [3.63, 3.8) is 0 Å². The van der Waals surface area contributed by atoms with E-state index in [-0.39, 0.29) is 23.4 Å². The molecule has 0 spiro atoms. The summed E-state index contributed by atoms with van der Waals surface area (Å²) in [5.41, 5.74) is 1.71. The number of carbonyl (C=O) groups is 2. The molecule has 2 heterocycles. The largest absolute Gasteiger partial charge is 0.480 e. The first-order chi connectivity index (χ1) is 13.5. The van der Waals surface area contributed by atoms with Gasteiger partial charge in [0.1, 0.15) is 12.6 Å². The van der Waals surface area contributed by atoms with E-state index in [0.717, 1.165) is 41.2 Å². The molecule has 1 aliphatic heterocycles. The van der Waals surface area contributed by atoms with Crippen molar-refractivity contribution in [1.82, 2.24) is 9.47 Å². The molecule has 2 N–H and O–H groups in total. The average molecular weight is 463 g/mol. The first-order valence-corrected chi connectivity index (χ1v) is 10.8. The van der Waals surface area contributed by atoms with Crippen molar-refractivity contribution in [2.24, 2.45) is 10.8 Å². The zero-order chi connectivity index (χ0) is 21.1. The number of benzene rings is 1. The van der Waals surface area contributed by atoms with Crippen LogP contribution in [0.5, 0.6) is 0 Å². The third-order valence-electron chi connectivity index (χ3n) is 6.50. The summed E-state index contributed by atoms with van der Waals surface area (Å²) < 4.78 is 2.47. The number of fused-ring (bicyclic) bond motifs is 3. The lowest BCUT2D eigenvalue weighted by Gasteiger charge is -2.40. The van der Waals surface area contributed by atoms with Crippen LogP contribution in [0.2, 0.25) is 0 Å². The van der Waals surface area contributed by atoms with Gasteiger partial charge in [0.05, 0.1) is 5.52 Å². The lowest BCUT2D eigenvalue weighted by atomic mass is 9.65. The highest BCUT2D eigenvalue weighted by atomic mass is 79.9. The van der Waals surface area contributed by atoms with Crippen molar-refractivity contribution in [3.05, 3.63) is 34.4 Å². The van der Waals surface area contributed by atoms with Crippen molar-refractivity contribution < 1.29 is 19.8 Å². The van der Waals surface area contributed by atoms with E-state index in [4.69, 9.17) is 0 Å². The maximum atomic E-state index is 12.5. The number of rotatable bonds is 5. The van der Waals surface area contributed by atoms with E-state index < -0.39 is 18.0 Å². The highest BCUT2D eigenvalue weighted by Crippen LogP contribution is 2.54. The van der Waals surface area contributed by atoms with Gasteiger partial charge in [-0.15, -0.1) is 0 Å². The van der Waals surface area contributed by atoms with Crippen LogP contribution in [0.15, 0.2) is 28.9 Å². The van der Waals surface area contributed by atoms with Gasteiger partial charge in [-0.3, -0.25) is 14.5 Å². The standard InChI is InChI=1S/C22H27BrN2O4/c1-21(2)7-14-8-22(3,11-21)12-25(14)19(20(28)29)16-9-24(10-18(26)27)17-6-13(23)4-5-15(16)17/h4-6,9,14,19H,7-8,10-12H2,1-3H3,(H,26,27)(H,28,29). The lowest BCUT2D eigenvalue weighted by Crippen LogP contribution is -2.39. The topological polar surface area (TPSA) is 82.8 Å². The number of carboxylic acid groups (broad SMARTS) is 2. The highest BCUT2D eigenvalue weighted by molar-refractivity contribution is 9.10. The Balaban J connectivity index is 1.82. The van der Waals surface area contributed by atoms with Gasteiger partial charge in [-0.25, -0.2) is 0 Å². The molecule has 7 heteroatoms. The Morgan fingerprint density at radius 2 is 1.97 bits per heavy atom. The Kier molecular flexibility index (Phi) is 4.82. The maximum Gasteiger partial charge on any atom is 0.325 e. The minimum atomic E-state index is -0.952. The minimum absolute atomic E-state index is 0.114. The monoisotopic (exact) mass is 462 g/mol. The van der Waals surface area contributed by atoms with Gasteiger partial charge in [0.15, 0.2) is 0 Å². The normalized spacial score (nSPS) is 27.2. The highest BCUT2D eigenvalue weighted by Gasteiger charge is 2.52. The van der Waals surface area contributed by atoms with Crippen molar-refractivity contribution in [1.29, 1.82) is 0 Å². The molecular weight excluding hydrogens is 436 g/mol. The molecule has 156 valence electrons. The molecule has 3 atom stereocenters. The molecule has 2 fully saturated rings. The Morgan fingerprint density at radius 3 is 2.62 bits per heavy atom. The molecule has 2 aromatic rings. The van der Waals surface area contributed by atoms with Crippen LogP contribution in [0.4, 0.5) is 0 Å². The number of hydrogen-bond acceptors (Lipinski definition) is 3. The summed E-state index contributed by atoms with van der Waals surface area (Å²) in [5, 5.41) is 20.4. The van der Waals surface area contributed by atoms with Crippen LogP contribution in [-0.4, -0.2) is 44.2 Å². The second kappa shape index (κ2) is 6.84. The Labute approximate surface area is 178 Å². The number of hydrogen-bond donors (Lipinski definition) is 2. The third kappa shape index (κ3) is 3.70. The molecule has 1 aliphatic carbocycles. The van der Waals surface area contributed by atoms with Crippen LogP contribution in [0.25, 0.3) is 10.9 Å². The fraction of sp³-hybridized carbons (Fsp3) is 0.545. The Bertz CT molecular complexity index is 998.